The van der Waals surface area contributed by atoms with Crippen LogP contribution in [0.25, 0.3) is 11.3 Å². The number of nitrogen functional groups attached to an aromatic ring is 1. The number of benzene rings is 1. The fourth-order valence-electron chi connectivity index (χ4n) is 5.54. The number of oxime groups is 1. The fraction of sp³-hybridized carbons (Fsp3) is 0.552. The third kappa shape index (κ3) is 6.31. The average Bonchev–Trinajstić information content (AvgIpc) is 3.30. The molecular formula is C29H38N6O6. The Hall–Kier alpha value is -4.09. The van der Waals surface area contributed by atoms with Gasteiger partial charge in [-0.05, 0) is 78.5 Å². The SMILES string of the molecule is CC(C)(C)OC(=O)N[C@H]1CC[C@H](Oc2ccc3c(c2)/C(=N\OC[C@H]2CNC(=O)O2)C(C)(C)c2c(N)ncnc2-3)CC1. The van der Waals surface area contributed by atoms with Gasteiger partial charge in [-0.25, -0.2) is 19.6 Å². The Balaban J connectivity index is 1.33. The molecule has 2 fully saturated rings. The van der Waals surface area contributed by atoms with Crippen LogP contribution in [0.2, 0.25) is 0 Å². The summed E-state index contributed by atoms with van der Waals surface area (Å²) in [6.07, 6.45) is 3.38. The van der Waals surface area contributed by atoms with Crippen LogP contribution in [0.1, 0.15) is 71.4 Å². The number of amides is 2. The van der Waals surface area contributed by atoms with Crippen LogP contribution < -0.4 is 21.1 Å². The predicted molar refractivity (Wildman–Crippen MR) is 152 cm³/mol. The standard InChI is InChI=1S/C29H38N6O6/c1-28(2,3)41-27(37)34-16-6-8-17(9-7-16)39-18-10-11-20-21(12-18)24(35-38-14-19-13-31-26(36)40-19)29(4,5)22-23(20)32-15-33-25(22)30/h10-12,15-17,19H,6-9,13-14H2,1-5H3,(H,31,36)(H,34,37)(H2,30,32,33)/b35-24+/t16-,17-,19-/m1/s1. The normalized spacial score (nSPS) is 24.0. The van der Waals surface area contributed by atoms with Crippen LogP contribution in [0.4, 0.5) is 15.4 Å². The van der Waals surface area contributed by atoms with Gasteiger partial charge in [0.25, 0.3) is 0 Å². The summed E-state index contributed by atoms with van der Waals surface area (Å²) < 4.78 is 17.0. The Labute approximate surface area is 239 Å². The average molecular weight is 567 g/mol. The zero-order valence-electron chi connectivity index (χ0n) is 24.2. The number of nitrogens with zero attached hydrogens (tertiary/aromatic N) is 3. The molecule has 2 heterocycles. The molecule has 0 bridgehead atoms. The van der Waals surface area contributed by atoms with E-state index in [2.05, 4.69) is 25.8 Å². The molecule has 0 unspecified atom stereocenters. The van der Waals surface area contributed by atoms with Crippen molar-refractivity contribution in [3.05, 3.63) is 35.7 Å². The van der Waals surface area contributed by atoms with Crippen molar-refractivity contribution in [3.8, 4) is 17.0 Å². The molecule has 2 aliphatic carbocycles. The molecule has 1 aliphatic heterocycles. The molecule has 2 amide bonds. The molecule has 2 aromatic rings. The third-order valence-corrected chi connectivity index (χ3v) is 7.46. The van der Waals surface area contributed by atoms with Crippen LogP contribution in [0.15, 0.2) is 29.7 Å². The molecule has 12 nitrogen and oxygen atoms in total. The number of cyclic esters (lactones) is 1. The molecular weight excluding hydrogens is 528 g/mol. The van der Waals surface area contributed by atoms with E-state index in [0.717, 1.165) is 48.1 Å². The Kier molecular flexibility index (Phi) is 7.67. The van der Waals surface area contributed by atoms with Gasteiger partial charge in [0.2, 0.25) is 0 Å². The number of carbonyl (C=O) groups is 2. The minimum absolute atomic E-state index is 0.00721. The quantitative estimate of drug-likeness (QED) is 0.438. The monoisotopic (exact) mass is 566 g/mol. The van der Waals surface area contributed by atoms with Crippen molar-refractivity contribution in [3.63, 3.8) is 0 Å². The van der Waals surface area contributed by atoms with E-state index in [9.17, 15) is 9.59 Å². The Morgan fingerprint density at radius 3 is 2.63 bits per heavy atom. The van der Waals surface area contributed by atoms with Crippen molar-refractivity contribution in [2.45, 2.75) is 89.6 Å². The first-order valence-corrected chi connectivity index (χ1v) is 14.0. The van der Waals surface area contributed by atoms with Crippen LogP contribution >= 0.6 is 0 Å². The third-order valence-electron chi connectivity index (χ3n) is 7.46. The van der Waals surface area contributed by atoms with Crippen molar-refractivity contribution in [2.24, 2.45) is 5.16 Å². The number of hydrogen-bond donors (Lipinski definition) is 3. The van der Waals surface area contributed by atoms with Crippen molar-refractivity contribution in [1.29, 1.82) is 0 Å². The van der Waals surface area contributed by atoms with Crippen LogP contribution in [-0.2, 0) is 19.7 Å². The Bertz CT molecular complexity index is 1350. The fourth-order valence-corrected chi connectivity index (χ4v) is 5.54. The number of carbonyl (C=O) groups excluding carboxylic acids is 2. The first-order valence-electron chi connectivity index (χ1n) is 14.0. The highest BCUT2D eigenvalue weighted by Gasteiger charge is 2.41. The number of rotatable bonds is 6. The molecule has 1 aromatic carbocycles. The number of ether oxygens (including phenoxy) is 3. The van der Waals surface area contributed by atoms with E-state index >= 15 is 0 Å². The molecule has 1 saturated heterocycles. The summed E-state index contributed by atoms with van der Waals surface area (Å²) in [5.74, 6) is 1.08. The summed E-state index contributed by atoms with van der Waals surface area (Å²) >= 11 is 0. The van der Waals surface area contributed by atoms with E-state index in [1.165, 1.54) is 6.33 Å². The maximum Gasteiger partial charge on any atom is 0.407 e. The molecule has 4 N–H and O–H groups in total. The van der Waals surface area contributed by atoms with Crippen LogP contribution in [0.3, 0.4) is 0 Å². The first-order chi connectivity index (χ1) is 19.4. The lowest BCUT2D eigenvalue weighted by atomic mass is 9.70. The number of hydrogen-bond acceptors (Lipinski definition) is 10. The summed E-state index contributed by atoms with van der Waals surface area (Å²) in [6.45, 7) is 10.0. The van der Waals surface area contributed by atoms with E-state index in [1.807, 2.05) is 52.8 Å². The lowest BCUT2D eigenvalue weighted by molar-refractivity contribution is 0.0470. The molecule has 3 aliphatic rings. The topological polar surface area (TPSA) is 159 Å². The summed E-state index contributed by atoms with van der Waals surface area (Å²) in [5.41, 5.74) is 8.95. The molecule has 220 valence electrons. The van der Waals surface area contributed by atoms with Gasteiger partial charge in [-0.1, -0.05) is 5.16 Å². The number of aromatic nitrogens is 2. The smallest absolute Gasteiger partial charge is 0.407 e. The van der Waals surface area contributed by atoms with Gasteiger partial charge in [0, 0.05) is 28.1 Å². The molecule has 12 heteroatoms. The number of nitrogens with one attached hydrogen (secondary N) is 2. The van der Waals surface area contributed by atoms with Gasteiger partial charge >= 0.3 is 12.2 Å². The van der Waals surface area contributed by atoms with Crippen molar-refractivity contribution in [1.82, 2.24) is 20.6 Å². The Morgan fingerprint density at radius 1 is 1.20 bits per heavy atom. The van der Waals surface area contributed by atoms with Gasteiger partial charge in [-0.3, -0.25) is 0 Å². The zero-order chi connectivity index (χ0) is 29.4. The largest absolute Gasteiger partial charge is 0.490 e. The number of nitrogens with two attached hydrogens (primary N) is 1. The van der Waals surface area contributed by atoms with Crippen molar-refractivity contribution >= 4 is 23.7 Å². The second-order valence-electron chi connectivity index (χ2n) is 12.2. The summed E-state index contributed by atoms with van der Waals surface area (Å²) in [5, 5.41) is 10.1. The molecule has 5 rings (SSSR count). The molecule has 41 heavy (non-hydrogen) atoms. The maximum atomic E-state index is 12.2. The molecule has 1 aromatic heterocycles. The molecule has 0 radical (unpaired) electrons. The van der Waals surface area contributed by atoms with Gasteiger partial charge in [0.15, 0.2) is 12.7 Å². The predicted octanol–water partition coefficient (Wildman–Crippen LogP) is 4.06. The van der Waals surface area contributed by atoms with Gasteiger partial charge in [-0.15, -0.1) is 0 Å². The zero-order valence-corrected chi connectivity index (χ0v) is 24.2. The highest BCUT2D eigenvalue weighted by atomic mass is 16.7. The second-order valence-corrected chi connectivity index (χ2v) is 12.2. The number of anilines is 1. The minimum atomic E-state index is -0.678. The maximum absolute atomic E-state index is 12.2. The lowest BCUT2D eigenvalue weighted by Crippen LogP contribution is -2.42. The van der Waals surface area contributed by atoms with Crippen LogP contribution in [0, 0.1) is 0 Å². The van der Waals surface area contributed by atoms with Gasteiger partial charge in [0.1, 0.15) is 23.5 Å². The Morgan fingerprint density at radius 2 is 1.95 bits per heavy atom. The number of alkyl carbamates (subject to hydrolysis) is 2. The second kappa shape index (κ2) is 11.1. The van der Waals surface area contributed by atoms with E-state index in [0.29, 0.717) is 23.8 Å². The number of fused-ring (bicyclic) bond motifs is 3. The summed E-state index contributed by atoms with van der Waals surface area (Å²) in [6, 6.07) is 5.90. The minimum Gasteiger partial charge on any atom is -0.490 e. The molecule has 1 saturated carbocycles. The van der Waals surface area contributed by atoms with Gasteiger partial charge in [-0.2, -0.15) is 0 Å². The highest BCUT2D eigenvalue weighted by Crippen LogP contribution is 2.45. The highest BCUT2D eigenvalue weighted by molar-refractivity contribution is 6.15. The summed E-state index contributed by atoms with van der Waals surface area (Å²) in [4.78, 5) is 38.1. The van der Waals surface area contributed by atoms with Crippen molar-refractivity contribution < 1.29 is 28.6 Å². The molecule has 0 spiro atoms. The lowest BCUT2D eigenvalue weighted by Gasteiger charge is -2.35. The van der Waals surface area contributed by atoms with E-state index in [1.54, 1.807) is 0 Å². The van der Waals surface area contributed by atoms with E-state index < -0.39 is 23.2 Å². The summed E-state index contributed by atoms with van der Waals surface area (Å²) in [7, 11) is 0. The van der Waals surface area contributed by atoms with Gasteiger partial charge in [0.05, 0.1) is 24.1 Å². The van der Waals surface area contributed by atoms with Crippen LogP contribution in [0.5, 0.6) is 5.75 Å². The van der Waals surface area contributed by atoms with Gasteiger partial charge < -0.3 is 35.4 Å². The molecule has 1 atom stereocenters. The first kappa shape index (κ1) is 28.4. The van der Waals surface area contributed by atoms with E-state index in [4.69, 9.17) is 24.8 Å². The van der Waals surface area contributed by atoms with E-state index in [-0.39, 0.29) is 24.8 Å². The van der Waals surface area contributed by atoms with Crippen molar-refractivity contribution in [2.75, 3.05) is 18.9 Å². The van der Waals surface area contributed by atoms with Crippen LogP contribution in [-0.4, -0.2) is 64.9 Å².